The summed E-state index contributed by atoms with van der Waals surface area (Å²) >= 11 is 1.29. The van der Waals surface area contributed by atoms with Gasteiger partial charge in [0, 0.05) is 37.6 Å². The van der Waals surface area contributed by atoms with Crippen LogP contribution in [0.2, 0.25) is 0 Å². The molecule has 1 N–H and O–H groups in total. The maximum Gasteiger partial charge on any atom is 0.264 e. The predicted molar refractivity (Wildman–Crippen MR) is 93.4 cm³/mol. The molecule has 0 saturated carbocycles. The zero-order valence-electron chi connectivity index (χ0n) is 14.1. The van der Waals surface area contributed by atoms with E-state index < -0.39 is 10.0 Å². The molecule has 1 aliphatic rings. The summed E-state index contributed by atoms with van der Waals surface area (Å²) in [5, 5.41) is 7.23. The van der Waals surface area contributed by atoms with Crippen LogP contribution in [-0.2, 0) is 30.0 Å². The van der Waals surface area contributed by atoms with Crippen molar-refractivity contribution in [2.24, 2.45) is 7.05 Å². The average molecular weight is 385 g/mol. The summed E-state index contributed by atoms with van der Waals surface area (Å²) in [6, 6.07) is 0. The Balaban J connectivity index is 1.77. The number of rotatable bonds is 5. The van der Waals surface area contributed by atoms with Crippen LogP contribution in [0.4, 0.5) is 5.13 Å². The van der Waals surface area contributed by atoms with Crippen molar-refractivity contribution in [3.05, 3.63) is 22.3 Å². The van der Waals surface area contributed by atoms with Crippen LogP contribution in [0.5, 0.6) is 5.88 Å². The van der Waals surface area contributed by atoms with Crippen LogP contribution in [0, 0.1) is 0 Å². The maximum atomic E-state index is 12.4. The van der Waals surface area contributed by atoms with E-state index in [1.807, 2.05) is 0 Å². The number of methoxy groups -OCH3 is 1. The van der Waals surface area contributed by atoms with Crippen LogP contribution in [0.3, 0.4) is 0 Å². The zero-order valence-corrected chi connectivity index (χ0v) is 15.8. The molecule has 0 atom stereocenters. The number of nitrogens with one attached hydrogen (secondary N) is 1. The summed E-state index contributed by atoms with van der Waals surface area (Å²) in [4.78, 5) is 17.7. The van der Waals surface area contributed by atoms with Crippen LogP contribution < -0.4 is 10.1 Å². The lowest BCUT2D eigenvalue weighted by atomic mass is 10.2. The van der Waals surface area contributed by atoms with Crippen LogP contribution in [0.25, 0.3) is 0 Å². The lowest BCUT2D eigenvalue weighted by Crippen LogP contribution is -2.36. The maximum absolute atomic E-state index is 12.4. The minimum absolute atomic E-state index is 0.0749. The third kappa shape index (κ3) is 3.53. The number of nitrogens with zero attached hydrogens (tertiary/aromatic N) is 4. The Hall–Kier alpha value is -1.98. The van der Waals surface area contributed by atoms with Crippen LogP contribution in [0.1, 0.15) is 27.9 Å². The second-order valence-electron chi connectivity index (χ2n) is 5.55. The van der Waals surface area contributed by atoms with E-state index in [1.165, 1.54) is 27.4 Å². The molecule has 0 aromatic carbocycles. The third-order valence-corrected chi connectivity index (χ3v) is 6.73. The third-order valence-electron chi connectivity index (χ3n) is 3.91. The van der Waals surface area contributed by atoms with E-state index in [1.54, 1.807) is 20.2 Å². The van der Waals surface area contributed by atoms with Gasteiger partial charge in [0.2, 0.25) is 15.9 Å². The molecule has 3 rings (SSSR count). The van der Waals surface area contributed by atoms with Crippen molar-refractivity contribution >= 4 is 32.4 Å². The molecule has 0 radical (unpaired) electrons. The highest BCUT2D eigenvalue weighted by atomic mass is 32.2. The molecule has 25 heavy (non-hydrogen) atoms. The van der Waals surface area contributed by atoms with Gasteiger partial charge in [0.05, 0.1) is 18.6 Å². The first-order chi connectivity index (χ1) is 11.8. The Morgan fingerprint density at radius 1 is 1.48 bits per heavy atom. The molecule has 9 nitrogen and oxygen atoms in total. The molecule has 1 aliphatic heterocycles. The standard InChI is InChI=1S/C14H19N5O4S2/c1-4-25(21,22)19-6-5-10-11(8-19)24-14(15-10)16-12(20)9-7-18(2)17-13(9)23-3/h7H,4-6,8H2,1-3H3,(H,15,16,20). The quantitative estimate of drug-likeness (QED) is 0.818. The number of anilines is 1. The van der Waals surface area contributed by atoms with Gasteiger partial charge in [0.1, 0.15) is 5.56 Å². The van der Waals surface area contributed by atoms with Crippen molar-refractivity contribution in [2.75, 3.05) is 24.7 Å². The molecular formula is C14H19N5O4S2. The van der Waals surface area contributed by atoms with Gasteiger partial charge < -0.3 is 4.74 Å². The van der Waals surface area contributed by atoms with Gasteiger partial charge in [0.15, 0.2) is 5.13 Å². The zero-order chi connectivity index (χ0) is 18.2. The molecule has 0 unspecified atom stereocenters. The number of carbonyl (C=O) groups is 1. The first kappa shape index (κ1) is 17.8. The number of fused-ring (bicyclic) bond motifs is 1. The van der Waals surface area contributed by atoms with Crippen molar-refractivity contribution < 1.29 is 17.9 Å². The summed E-state index contributed by atoms with van der Waals surface area (Å²) in [6.07, 6.45) is 2.11. The number of amides is 1. The Bertz CT molecular complexity index is 902. The van der Waals surface area contributed by atoms with E-state index in [2.05, 4.69) is 15.4 Å². The van der Waals surface area contributed by atoms with Gasteiger partial charge in [-0.25, -0.2) is 13.4 Å². The van der Waals surface area contributed by atoms with Crippen LogP contribution in [0.15, 0.2) is 6.20 Å². The number of thiazole rings is 1. The predicted octanol–water partition coefficient (Wildman–Crippen LogP) is 0.845. The van der Waals surface area contributed by atoms with Gasteiger partial charge in [-0.2, -0.15) is 4.31 Å². The van der Waals surface area contributed by atoms with Crippen molar-refractivity contribution in [1.82, 2.24) is 19.1 Å². The molecule has 1 amide bonds. The Kier molecular flexibility index (Phi) is 4.80. The van der Waals surface area contributed by atoms with Crippen LogP contribution in [-0.4, -0.2) is 52.8 Å². The van der Waals surface area contributed by atoms with Gasteiger partial charge in [0.25, 0.3) is 5.91 Å². The lowest BCUT2D eigenvalue weighted by Gasteiger charge is -2.24. The molecule has 136 valence electrons. The minimum atomic E-state index is -3.23. The highest BCUT2D eigenvalue weighted by Crippen LogP contribution is 2.30. The summed E-state index contributed by atoms with van der Waals surface area (Å²) in [7, 11) is -0.0827. The molecule has 0 spiro atoms. The van der Waals surface area contributed by atoms with E-state index in [0.29, 0.717) is 30.2 Å². The first-order valence-corrected chi connectivity index (χ1v) is 10.1. The minimum Gasteiger partial charge on any atom is -0.479 e. The number of ether oxygens (including phenoxy) is 1. The van der Waals surface area contributed by atoms with E-state index in [-0.39, 0.29) is 17.5 Å². The van der Waals surface area contributed by atoms with Gasteiger partial charge in [-0.05, 0) is 6.92 Å². The normalized spacial score (nSPS) is 15.0. The fourth-order valence-corrected chi connectivity index (χ4v) is 4.75. The number of aryl methyl sites for hydroxylation is 1. The molecular weight excluding hydrogens is 366 g/mol. The smallest absolute Gasteiger partial charge is 0.264 e. The van der Waals surface area contributed by atoms with Crippen molar-refractivity contribution in [3.8, 4) is 5.88 Å². The lowest BCUT2D eigenvalue weighted by molar-refractivity contribution is 0.102. The summed E-state index contributed by atoms with van der Waals surface area (Å²) < 4.78 is 32.1. The molecule has 0 saturated heterocycles. The Morgan fingerprint density at radius 3 is 2.92 bits per heavy atom. The molecule has 2 aromatic heterocycles. The molecule has 0 fully saturated rings. The largest absolute Gasteiger partial charge is 0.479 e. The van der Waals surface area contributed by atoms with Crippen molar-refractivity contribution in [3.63, 3.8) is 0 Å². The second-order valence-corrected chi connectivity index (χ2v) is 8.89. The molecule has 0 aliphatic carbocycles. The molecule has 3 heterocycles. The Morgan fingerprint density at radius 2 is 2.24 bits per heavy atom. The van der Waals surface area contributed by atoms with Gasteiger partial charge >= 0.3 is 0 Å². The molecule has 0 bridgehead atoms. The molecule has 11 heteroatoms. The summed E-state index contributed by atoms with van der Waals surface area (Å²) in [6.45, 7) is 2.34. The number of hydrogen-bond acceptors (Lipinski definition) is 7. The fraction of sp³-hybridized carbons (Fsp3) is 0.500. The fourth-order valence-electron chi connectivity index (χ4n) is 2.58. The van der Waals surface area contributed by atoms with Crippen molar-refractivity contribution in [1.29, 1.82) is 0 Å². The number of sulfonamides is 1. The average Bonchev–Trinajstić information content (AvgIpc) is 3.16. The first-order valence-electron chi connectivity index (χ1n) is 7.69. The summed E-state index contributed by atoms with van der Waals surface area (Å²) in [5.41, 5.74) is 1.15. The topological polar surface area (TPSA) is 106 Å². The van der Waals surface area contributed by atoms with Crippen molar-refractivity contribution in [2.45, 2.75) is 19.9 Å². The summed E-state index contributed by atoms with van der Waals surface area (Å²) in [5.74, 6) is -0.0541. The molecule has 2 aromatic rings. The Labute approximate surface area is 149 Å². The van der Waals surface area contributed by atoms with E-state index in [4.69, 9.17) is 4.74 Å². The highest BCUT2D eigenvalue weighted by molar-refractivity contribution is 7.89. The number of carbonyl (C=O) groups excluding carboxylic acids is 1. The van der Waals surface area contributed by atoms with Gasteiger partial charge in [-0.15, -0.1) is 16.4 Å². The monoisotopic (exact) mass is 385 g/mol. The number of hydrogen-bond donors (Lipinski definition) is 1. The van der Waals surface area contributed by atoms with E-state index in [9.17, 15) is 13.2 Å². The number of aromatic nitrogens is 3. The van der Waals surface area contributed by atoms with Crippen LogP contribution >= 0.6 is 11.3 Å². The van der Waals surface area contributed by atoms with Gasteiger partial charge in [-0.1, -0.05) is 0 Å². The van der Waals surface area contributed by atoms with Gasteiger partial charge in [-0.3, -0.25) is 14.8 Å². The van der Waals surface area contributed by atoms with E-state index in [0.717, 1.165) is 10.6 Å². The SMILES string of the molecule is CCS(=O)(=O)N1CCc2nc(NC(=O)c3cn(C)nc3OC)sc2C1. The van der Waals surface area contributed by atoms with E-state index >= 15 is 0 Å². The second kappa shape index (κ2) is 6.73. The highest BCUT2D eigenvalue weighted by Gasteiger charge is 2.28.